The van der Waals surface area contributed by atoms with E-state index in [1.165, 1.54) is 6.92 Å². The third kappa shape index (κ3) is 4.43. The van der Waals surface area contributed by atoms with Crippen LogP contribution in [-0.2, 0) is 22.4 Å². The highest BCUT2D eigenvalue weighted by Gasteiger charge is 2.32. The molecule has 0 aromatic heterocycles. The molecule has 2 N–H and O–H groups in total. The van der Waals surface area contributed by atoms with Crippen molar-refractivity contribution in [2.24, 2.45) is 5.73 Å². The number of nitrogens with two attached hydrogens (primary N) is 1. The van der Waals surface area contributed by atoms with Gasteiger partial charge in [0.05, 0.1) is 0 Å². The number of carbonyl (C=O) groups excluding carboxylic acids is 1. The molecule has 0 unspecified atom stereocenters. The Balaban J connectivity index is 2.26. The van der Waals surface area contributed by atoms with Crippen molar-refractivity contribution in [1.29, 1.82) is 0 Å². The fraction of sp³-hybridized carbons (Fsp3) is 0.278. The van der Waals surface area contributed by atoms with Crippen LogP contribution in [-0.4, -0.2) is 18.1 Å². The Kier molecular flexibility index (Phi) is 5.12. The first-order valence-electron chi connectivity index (χ1n) is 7.11. The van der Waals surface area contributed by atoms with Crippen LogP contribution in [0.4, 0.5) is 0 Å². The molecule has 0 radical (unpaired) electrons. The first-order valence-corrected chi connectivity index (χ1v) is 7.11. The van der Waals surface area contributed by atoms with Gasteiger partial charge in [-0.15, -0.1) is 0 Å². The molecule has 0 saturated carbocycles. The van der Waals surface area contributed by atoms with E-state index in [0.717, 1.165) is 11.1 Å². The average molecular weight is 283 g/mol. The summed E-state index contributed by atoms with van der Waals surface area (Å²) in [5, 5.41) is 0. The molecule has 0 amide bonds. The molecule has 110 valence electrons. The summed E-state index contributed by atoms with van der Waals surface area (Å²) >= 11 is 0. The molecule has 0 saturated heterocycles. The third-order valence-electron chi connectivity index (χ3n) is 3.47. The minimum atomic E-state index is -0.700. The number of rotatable bonds is 6. The predicted octanol–water partition coefficient (Wildman–Crippen LogP) is 2.73. The van der Waals surface area contributed by atoms with E-state index in [-0.39, 0.29) is 12.5 Å². The highest BCUT2D eigenvalue weighted by atomic mass is 16.6. The number of hydrogen-bond acceptors (Lipinski definition) is 3. The summed E-state index contributed by atoms with van der Waals surface area (Å²) in [6.07, 6.45) is 1.22. The molecule has 0 spiro atoms. The number of hydrogen-bond donors (Lipinski definition) is 1. The van der Waals surface area contributed by atoms with Gasteiger partial charge in [-0.25, -0.2) is 0 Å². The average Bonchev–Trinajstić information content (AvgIpc) is 2.48. The summed E-state index contributed by atoms with van der Waals surface area (Å²) in [5.41, 5.74) is 7.50. The molecule has 0 heterocycles. The fourth-order valence-corrected chi connectivity index (χ4v) is 2.56. The van der Waals surface area contributed by atoms with Gasteiger partial charge in [0.2, 0.25) is 0 Å². The van der Waals surface area contributed by atoms with Gasteiger partial charge in [0.15, 0.2) is 0 Å². The lowest BCUT2D eigenvalue weighted by atomic mass is 9.87. The van der Waals surface area contributed by atoms with Crippen LogP contribution in [0.2, 0.25) is 0 Å². The van der Waals surface area contributed by atoms with Crippen molar-refractivity contribution in [3.63, 3.8) is 0 Å². The van der Waals surface area contributed by atoms with Crippen LogP contribution < -0.4 is 5.73 Å². The van der Waals surface area contributed by atoms with Gasteiger partial charge in [-0.3, -0.25) is 4.79 Å². The second-order valence-electron chi connectivity index (χ2n) is 5.31. The van der Waals surface area contributed by atoms with Crippen molar-refractivity contribution in [2.45, 2.75) is 25.4 Å². The maximum atomic E-state index is 11.5. The number of benzene rings is 2. The first-order chi connectivity index (χ1) is 10.1. The maximum Gasteiger partial charge on any atom is 0.303 e. The number of ether oxygens (including phenoxy) is 1. The Morgan fingerprint density at radius 2 is 1.38 bits per heavy atom. The minimum absolute atomic E-state index is 0.288. The maximum absolute atomic E-state index is 11.5. The van der Waals surface area contributed by atoms with Crippen LogP contribution in [0.3, 0.4) is 0 Å². The van der Waals surface area contributed by atoms with Crippen LogP contribution in [0.5, 0.6) is 0 Å². The zero-order valence-electron chi connectivity index (χ0n) is 12.3. The molecular formula is C18H21NO2. The van der Waals surface area contributed by atoms with E-state index in [4.69, 9.17) is 10.5 Å². The second-order valence-corrected chi connectivity index (χ2v) is 5.31. The standard InChI is InChI=1S/C18H21NO2/c1-15(20)21-18(14-19,12-16-8-4-2-5-9-16)13-17-10-6-3-7-11-17/h2-11H,12-14,19H2,1H3. The Hall–Kier alpha value is -2.13. The van der Waals surface area contributed by atoms with Crippen molar-refractivity contribution < 1.29 is 9.53 Å². The molecule has 3 heteroatoms. The van der Waals surface area contributed by atoms with Gasteiger partial charge in [0.1, 0.15) is 5.60 Å². The second kappa shape index (κ2) is 7.04. The predicted molar refractivity (Wildman–Crippen MR) is 83.8 cm³/mol. The van der Waals surface area contributed by atoms with Gasteiger partial charge >= 0.3 is 5.97 Å². The molecule has 0 atom stereocenters. The Labute approximate surface area is 125 Å². The van der Waals surface area contributed by atoms with Crippen LogP contribution in [0.25, 0.3) is 0 Å². The molecular weight excluding hydrogens is 262 g/mol. The lowest BCUT2D eigenvalue weighted by molar-refractivity contribution is -0.156. The molecule has 21 heavy (non-hydrogen) atoms. The zero-order valence-corrected chi connectivity index (χ0v) is 12.3. The largest absolute Gasteiger partial charge is 0.457 e. The summed E-state index contributed by atoms with van der Waals surface area (Å²) in [6.45, 7) is 1.72. The number of carbonyl (C=O) groups is 1. The molecule has 0 fully saturated rings. The molecule has 0 aliphatic heterocycles. The van der Waals surface area contributed by atoms with E-state index in [1.807, 2.05) is 60.7 Å². The first kappa shape index (κ1) is 15.3. The van der Waals surface area contributed by atoms with E-state index >= 15 is 0 Å². The Morgan fingerprint density at radius 3 is 1.71 bits per heavy atom. The molecule has 3 nitrogen and oxygen atoms in total. The summed E-state index contributed by atoms with van der Waals surface area (Å²) in [4.78, 5) is 11.5. The van der Waals surface area contributed by atoms with Crippen molar-refractivity contribution in [3.05, 3.63) is 71.8 Å². The van der Waals surface area contributed by atoms with Crippen LogP contribution in [0, 0.1) is 0 Å². The van der Waals surface area contributed by atoms with Gasteiger partial charge in [0.25, 0.3) is 0 Å². The normalized spacial score (nSPS) is 11.1. The van der Waals surface area contributed by atoms with E-state index in [1.54, 1.807) is 0 Å². The van der Waals surface area contributed by atoms with Gasteiger partial charge in [-0.05, 0) is 11.1 Å². The van der Waals surface area contributed by atoms with Gasteiger partial charge in [0, 0.05) is 26.3 Å². The van der Waals surface area contributed by atoms with Crippen molar-refractivity contribution >= 4 is 5.97 Å². The lowest BCUT2D eigenvalue weighted by Crippen LogP contribution is -2.46. The SMILES string of the molecule is CC(=O)OC(CN)(Cc1ccccc1)Cc1ccccc1. The van der Waals surface area contributed by atoms with E-state index in [9.17, 15) is 4.79 Å². The summed E-state index contributed by atoms with van der Waals surface area (Å²) in [5.74, 6) is -0.299. The molecule has 0 aliphatic rings. The summed E-state index contributed by atoms with van der Waals surface area (Å²) in [6, 6.07) is 20.0. The monoisotopic (exact) mass is 283 g/mol. The number of esters is 1. The van der Waals surface area contributed by atoms with Crippen LogP contribution in [0.1, 0.15) is 18.1 Å². The third-order valence-corrected chi connectivity index (χ3v) is 3.47. The smallest absolute Gasteiger partial charge is 0.303 e. The topological polar surface area (TPSA) is 52.3 Å². The van der Waals surface area contributed by atoms with E-state index in [2.05, 4.69) is 0 Å². The lowest BCUT2D eigenvalue weighted by Gasteiger charge is -2.32. The van der Waals surface area contributed by atoms with Gasteiger partial charge < -0.3 is 10.5 Å². The fourth-order valence-electron chi connectivity index (χ4n) is 2.56. The highest BCUT2D eigenvalue weighted by molar-refractivity contribution is 5.66. The van der Waals surface area contributed by atoms with Gasteiger partial charge in [-0.2, -0.15) is 0 Å². The summed E-state index contributed by atoms with van der Waals surface area (Å²) < 4.78 is 5.63. The summed E-state index contributed by atoms with van der Waals surface area (Å²) in [7, 11) is 0. The molecule has 2 aromatic rings. The molecule has 0 bridgehead atoms. The quantitative estimate of drug-likeness (QED) is 0.829. The molecule has 2 rings (SSSR count). The van der Waals surface area contributed by atoms with Crippen molar-refractivity contribution in [2.75, 3.05) is 6.54 Å². The highest BCUT2D eigenvalue weighted by Crippen LogP contribution is 2.23. The van der Waals surface area contributed by atoms with Gasteiger partial charge in [-0.1, -0.05) is 60.7 Å². The molecule has 0 aliphatic carbocycles. The zero-order chi connectivity index (χ0) is 15.1. The van der Waals surface area contributed by atoms with Crippen LogP contribution >= 0.6 is 0 Å². The Bertz CT molecular complexity index is 525. The Morgan fingerprint density at radius 1 is 0.952 bits per heavy atom. The van der Waals surface area contributed by atoms with Crippen LogP contribution in [0.15, 0.2) is 60.7 Å². The minimum Gasteiger partial charge on any atom is -0.457 e. The van der Waals surface area contributed by atoms with E-state index in [0.29, 0.717) is 12.8 Å². The van der Waals surface area contributed by atoms with Crippen molar-refractivity contribution in [1.82, 2.24) is 0 Å². The van der Waals surface area contributed by atoms with E-state index < -0.39 is 5.60 Å². The van der Waals surface area contributed by atoms with Crippen molar-refractivity contribution in [3.8, 4) is 0 Å². The molecule has 2 aromatic carbocycles.